The third-order valence-electron chi connectivity index (χ3n) is 4.23. The van der Waals surface area contributed by atoms with Gasteiger partial charge in [-0.1, -0.05) is 0 Å². The summed E-state index contributed by atoms with van der Waals surface area (Å²) in [5.74, 6) is -4.32. The Morgan fingerprint density at radius 3 is 1.96 bits per heavy atom. The Morgan fingerprint density at radius 1 is 0.857 bits per heavy atom. The van der Waals surface area contributed by atoms with Crippen LogP contribution in [0.5, 0.6) is 0 Å². The molecule has 0 spiro atoms. The van der Waals surface area contributed by atoms with E-state index in [0.717, 1.165) is 23.1 Å². The van der Waals surface area contributed by atoms with Crippen molar-refractivity contribution < 1.29 is 34.2 Å². The average Bonchev–Trinajstić information content (AvgIpc) is 2.90. The lowest BCUT2D eigenvalue weighted by molar-refractivity contribution is 0.0655. The van der Waals surface area contributed by atoms with Crippen LogP contribution in [0.1, 0.15) is 58.7 Å². The van der Waals surface area contributed by atoms with Crippen LogP contribution in [0, 0.1) is 0 Å². The molecule has 9 heteroatoms. The average molecular weight is 382 g/mol. The molecule has 0 saturated carbocycles. The van der Waals surface area contributed by atoms with Crippen molar-refractivity contribution in [2.75, 3.05) is 11.9 Å². The van der Waals surface area contributed by atoms with Crippen LogP contribution in [-0.2, 0) is 0 Å². The van der Waals surface area contributed by atoms with Crippen LogP contribution < -0.4 is 5.32 Å². The van der Waals surface area contributed by atoms with Gasteiger partial charge in [0, 0.05) is 17.8 Å². The van der Waals surface area contributed by atoms with Gasteiger partial charge in [0.15, 0.2) is 0 Å². The quantitative estimate of drug-likeness (QED) is 0.671. The lowest BCUT2D eigenvalue weighted by atomic mass is 10.0. The fraction of sp³-hybridized carbons (Fsp3) is 0.105. The van der Waals surface area contributed by atoms with Crippen LogP contribution in [0.3, 0.4) is 0 Å². The van der Waals surface area contributed by atoms with Crippen LogP contribution in [0.25, 0.3) is 0 Å². The zero-order valence-electron chi connectivity index (χ0n) is 14.6. The van der Waals surface area contributed by atoms with E-state index in [4.69, 9.17) is 10.2 Å². The normalized spacial score (nSPS) is 12.7. The Hall–Kier alpha value is -4.01. The molecule has 0 aliphatic carbocycles. The number of carbonyl (C=O) groups excluding carboxylic acids is 3. The molecular formula is C19H14N2O7. The zero-order chi connectivity index (χ0) is 20.6. The van der Waals surface area contributed by atoms with Crippen molar-refractivity contribution in [2.24, 2.45) is 0 Å². The molecule has 1 aliphatic heterocycles. The van der Waals surface area contributed by atoms with Crippen molar-refractivity contribution in [2.45, 2.75) is 6.92 Å². The summed E-state index contributed by atoms with van der Waals surface area (Å²) in [6.45, 7) is 1.86. The summed E-state index contributed by atoms with van der Waals surface area (Å²) in [5, 5.41) is 20.6. The molecule has 0 aromatic heterocycles. The molecule has 3 amide bonds. The van der Waals surface area contributed by atoms with Gasteiger partial charge in [-0.05, 0) is 43.3 Å². The summed E-state index contributed by atoms with van der Waals surface area (Å²) in [4.78, 5) is 60.2. The summed E-state index contributed by atoms with van der Waals surface area (Å²) in [6.07, 6.45) is 0. The molecule has 3 rings (SSSR count). The Balaban J connectivity index is 1.92. The third kappa shape index (κ3) is 3.20. The van der Waals surface area contributed by atoms with E-state index in [-0.39, 0.29) is 40.0 Å². The van der Waals surface area contributed by atoms with Crippen molar-refractivity contribution in [1.29, 1.82) is 0 Å². The van der Waals surface area contributed by atoms with E-state index in [1.165, 1.54) is 18.2 Å². The van der Waals surface area contributed by atoms with Crippen LogP contribution >= 0.6 is 0 Å². The first kappa shape index (κ1) is 18.8. The number of imide groups is 1. The number of carbonyl (C=O) groups is 5. The number of carboxylic acids is 2. The van der Waals surface area contributed by atoms with E-state index < -0.39 is 29.7 Å². The largest absolute Gasteiger partial charge is 0.478 e. The second-order valence-corrected chi connectivity index (χ2v) is 5.98. The highest BCUT2D eigenvalue weighted by molar-refractivity contribution is 6.22. The summed E-state index contributed by atoms with van der Waals surface area (Å²) < 4.78 is 0. The van der Waals surface area contributed by atoms with Gasteiger partial charge in [0.25, 0.3) is 17.7 Å². The van der Waals surface area contributed by atoms with Gasteiger partial charge < -0.3 is 15.5 Å². The zero-order valence-corrected chi connectivity index (χ0v) is 14.6. The lowest BCUT2D eigenvalue weighted by Crippen LogP contribution is -2.29. The van der Waals surface area contributed by atoms with Gasteiger partial charge in [-0.2, -0.15) is 0 Å². The number of nitrogens with zero attached hydrogens (tertiary/aromatic N) is 1. The Kier molecular flexibility index (Phi) is 4.66. The van der Waals surface area contributed by atoms with E-state index in [2.05, 4.69) is 5.32 Å². The smallest absolute Gasteiger partial charge is 0.335 e. The number of benzene rings is 2. The molecule has 1 aliphatic rings. The van der Waals surface area contributed by atoms with Gasteiger partial charge in [0.05, 0.1) is 22.3 Å². The van der Waals surface area contributed by atoms with E-state index in [0.29, 0.717) is 0 Å². The SMILES string of the molecule is CCN1C(=O)c2ccc(C(=O)Nc3cc(C(=O)O)cc(C(=O)O)c3)cc2C1=O. The minimum Gasteiger partial charge on any atom is -0.478 e. The number of hydrogen-bond donors (Lipinski definition) is 3. The van der Waals surface area contributed by atoms with Gasteiger partial charge in [-0.3, -0.25) is 19.3 Å². The molecule has 9 nitrogen and oxygen atoms in total. The first-order valence-electron chi connectivity index (χ1n) is 8.16. The van der Waals surface area contributed by atoms with E-state index in [1.807, 2.05) is 0 Å². The molecule has 3 N–H and O–H groups in total. The molecule has 0 bridgehead atoms. The summed E-state index contributed by atoms with van der Waals surface area (Å²) >= 11 is 0. The third-order valence-corrected chi connectivity index (χ3v) is 4.23. The van der Waals surface area contributed by atoms with Gasteiger partial charge in [0.2, 0.25) is 0 Å². The molecule has 0 unspecified atom stereocenters. The van der Waals surface area contributed by atoms with Gasteiger partial charge in [-0.25, -0.2) is 9.59 Å². The van der Waals surface area contributed by atoms with Crippen molar-refractivity contribution in [3.8, 4) is 0 Å². The highest BCUT2D eigenvalue weighted by Crippen LogP contribution is 2.24. The summed E-state index contributed by atoms with van der Waals surface area (Å²) in [7, 11) is 0. The Morgan fingerprint density at radius 2 is 1.43 bits per heavy atom. The predicted octanol–water partition coefficient (Wildman–Crippen LogP) is 1.95. The van der Waals surface area contributed by atoms with Crippen molar-refractivity contribution in [1.82, 2.24) is 4.90 Å². The molecule has 2 aromatic rings. The van der Waals surface area contributed by atoms with Gasteiger partial charge >= 0.3 is 11.9 Å². The number of rotatable bonds is 5. The van der Waals surface area contributed by atoms with Crippen molar-refractivity contribution >= 4 is 35.3 Å². The first-order valence-corrected chi connectivity index (χ1v) is 8.16. The van der Waals surface area contributed by atoms with E-state index in [1.54, 1.807) is 6.92 Å². The Bertz CT molecular complexity index is 1030. The molecule has 1 heterocycles. The second-order valence-electron chi connectivity index (χ2n) is 5.98. The van der Waals surface area contributed by atoms with Gasteiger partial charge in [-0.15, -0.1) is 0 Å². The maximum absolute atomic E-state index is 12.5. The topological polar surface area (TPSA) is 141 Å². The number of fused-ring (bicyclic) bond motifs is 1. The van der Waals surface area contributed by atoms with Crippen molar-refractivity contribution in [3.05, 3.63) is 64.2 Å². The molecule has 0 fully saturated rings. The van der Waals surface area contributed by atoms with Crippen LogP contribution in [0.4, 0.5) is 5.69 Å². The molecule has 0 radical (unpaired) electrons. The standard InChI is InChI=1S/C19H14N2O7/c1-2-21-16(23)13-4-3-9(8-14(13)17(21)24)15(22)20-12-6-10(18(25)26)5-11(7-12)19(27)28/h3-8H,2H2,1H3,(H,20,22)(H,25,26)(H,27,28). The number of carboxylic acid groups (broad SMARTS) is 2. The highest BCUT2D eigenvalue weighted by atomic mass is 16.4. The highest BCUT2D eigenvalue weighted by Gasteiger charge is 2.34. The predicted molar refractivity (Wildman–Crippen MR) is 95.8 cm³/mol. The number of hydrogen-bond acceptors (Lipinski definition) is 5. The molecule has 2 aromatic carbocycles. The minimum absolute atomic E-state index is 0.0274. The fourth-order valence-electron chi connectivity index (χ4n) is 2.87. The molecule has 28 heavy (non-hydrogen) atoms. The van der Waals surface area contributed by atoms with Crippen LogP contribution in [-0.4, -0.2) is 51.3 Å². The number of anilines is 1. The Labute approximate surface area is 158 Å². The summed E-state index contributed by atoms with van der Waals surface area (Å²) in [6, 6.07) is 7.22. The van der Waals surface area contributed by atoms with Crippen molar-refractivity contribution in [3.63, 3.8) is 0 Å². The fourth-order valence-corrected chi connectivity index (χ4v) is 2.87. The summed E-state index contributed by atoms with van der Waals surface area (Å²) in [5.41, 5.74) is -0.266. The maximum Gasteiger partial charge on any atom is 0.335 e. The number of amides is 3. The minimum atomic E-state index is -1.35. The molecule has 0 saturated heterocycles. The maximum atomic E-state index is 12.5. The molecular weight excluding hydrogens is 368 g/mol. The monoisotopic (exact) mass is 382 g/mol. The number of aromatic carboxylic acids is 2. The number of nitrogens with one attached hydrogen (secondary N) is 1. The van der Waals surface area contributed by atoms with Gasteiger partial charge in [0.1, 0.15) is 0 Å². The first-order chi connectivity index (χ1) is 13.2. The lowest BCUT2D eigenvalue weighted by Gasteiger charge is -2.09. The van der Waals surface area contributed by atoms with Crippen LogP contribution in [0.15, 0.2) is 36.4 Å². The van der Waals surface area contributed by atoms with E-state index in [9.17, 15) is 24.0 Å². The second kappa shape index (κ2) is 6.95. The van der Waals surface area contributed by atoms with E-state index >= 15 is 0 Å². The van der Waals surface area contributed by atoms with Crippen LogP contribution in [0.2, 0.25) is 0 Å². The molecule has 142 valence electrons. The molecule has 0 atom stereocenters.